The molecule has 2 amide bonds. The lowest BCUT2D eigenvalue weighted by molar-refractivity contribution is -0.137. The number of rotatable bonds is 4. The van der Waals surface area contributed by atoms with Gasteiger partial charge in [0.25, 0.3) is 11.5 Å². The standard InChI is InChI=1S/C20H18F3N5O3S/c21-20(22,23)14-3-1-2-4-15(14)25-16(29)12-26-5-7-27(8-6-26)17(30)13-11-24-19-28(18(13)31)9-10-32-19/h1-4,9-11H,5-8,12H2,(H,25,29). The molecule has 0 atom stereocenters. The molecule has 2 aromatic heterocycles. The number of anilines is 1. The largest absolute Gasteiger partial charge is 0.418 e. The summed E-state index contributed by atoms with van der Waals surface area (Å²) in [6.07, 6.45) is -1.75. The number of para-hydroxylation sites is 1. The van der Waals surface area contributed by atoms with Crippen LogP contribution >= 0.6 is 11.3 Å². The number of thiazole rings is 1. The van der Waals surface area contributed by atoms with Crippen molar-refractivity contribution in [2.24, 2.45) is 0 Å². The lowest BCUT2D eigenvalue weighted by Crippen LogP contribution is -2.51. The van der Waals surface area contributed by atoms with Crippen molar-refractivity contribution in [3.63, 3.8) is 0 Å². The summed E-state index contributed by atoms with van der Waals surface area (Å²) in [5.74, 6) is -1.02. The van der Waals surface area contributed by atoms with Crippen LogP contribution in [0.3, 0.4) is 0 Å². The molecule has 0 saturated carbocycles. The van der Waals surface area contributed by atoms with Gasteiger partial charge in [-0.25, -0.2) is 4.98 Å². The molecule has 1 N–H and O–H groups in total. The Kier molecular flexibility index (Phi) is 5.98. The van der Waals surface area contributed by atoms with Crippen LogP contribution in [0.15, 0.2) is 46.8 Å². The number of carbonyl (C=O) groups excluding carboxylic acids is 2. The van der Waals surface area contributed by atoms with Gasteiger partial charge in [0, 0.05) is 44.0 Å². The molecule has 0 spiro atoms. The maximum atomic E-state index is 13.1. The van der Waals surface area contributed by atoms with Crippen LogP contribution in [-0.4, -0.2) is 63.7 Å². The molecular weight excluding hydrogens is 447 g/mol. The number of halogens is 3. The van der Waals surface area contributed by atoms with Crippen molar-refractivity contribution in [1.82, 2.24) is 19.2 Å². The monoisotopic (exact) mass is 465 g/mol. The van der Waals surface area contributed by atoms with Gasteiger partial charge < -0.3 is 10.2 Å². The Morgan fingerprint density at radius 3 is 2.56 bits per heavy atom. The van der Waals surface area contributed by atoms with Crippen LogP contribution in [0.25, 0.3) is 4.96 Å². The van der Waals surface area contributed by atoms with Crippen molar-refractivity contribution < 1.29 is 22.8 Å². The van der Waals surface area contributed by atoms with E-state index in [0.29, 0.717) is 18.1 Å². The Morgan fingerprint density at radius 2 is 1.84 bits per heavy atom. The highest BCUT2D eigenvalue weighted by atomic mass is 32.1. The number of nitrogens with zero attached hydrogens (tertiary/aromatic N) is 4. The molecule has 4 rings (SSSR count). The van der Waals surface area contributed by atoms with Gasteiger partial charge in [-0.3, -0.25) is 23.7 Å². The topological polar surface area (TPSA) is 87.0 Å². The number of alkyl halides is 3. The molecule has 168 valence electrons. The molecule has 1 aromatic carbocycles. The normalized spacial score (nSPS) is 15.2. The number of benzene rings is 1. The van der Waals surface area contributed by atoms with Gasteiger partial charge in [0.15, 0.2) is 4.96 Å². The van der Waals surface area contributed by atoms with E-state index >= 15 is 0 Å². The van der Waals surface area contributed by atoms with Crippen LogP contribution in [0.5, 0.6) is 0 Å². The first-order valence-corrected chi connectivity index (χ1v) is 10.5. The third kappa shape index (κ3) is 4.50. The minimum absolute atomic E-state index is 0.0316. The molecule has 32 heavy (non-hydrogen) atoms. The van der Waals surface area contributed by atoms with Crippen molar-refractivity contribution in [2.45, 2.75) is 6.18 Å². The molecule has 3 aromatic rings. The van der Waals surface area contributed by atoms with Crippen LogP contribution in [0.1, 0.15) is 15.9 Å². The predicted molar refractivity (Wildman–Crippen MR) is 112 cm³/mol. The van der Waals surface area contributed by atoms with E-state index in [-0.39, 0.29) is 30.9 Å². The summed E-state index contributed by atoms with van der Waals surface area (Å²) >= 11 is 1.29. The van der Waals surface area contributed by atoms with Crippen molar-refractivity contribution in [2.75, 3.05) is 38.0 Å². The highest BCUT2D eigenvalue weighted by Gasteiger charge is 2.34. The third-order valence-electron chi connectivity index (χ3n) is 5.11. The molecule has 1 saturated heterocycles. The molecule has 0 unspecified atom stereocenters. The molecule has 1 aliphatic rings. The molecule has 1 aliphatic heterocycles. The minimum Gasteiger partial charge on any atom is -0.336 e. The van der Waals surface area contributed by atoms with Crippen molar-refractivity contribution in [3.8, 4) is 0 Å². The third-order valence-corrected chi connectivity index (χ3v) is 5.88. The molecule has 0 aliphatic carbocycles. The Labute approximate surface area is 183 Å². The average Bonchev–Trinajstić information content (AvgIpc) is 3.23. The van der Waals surface area contributed by atoms with Gasteiger partial charge >= 0.3 is 6.18 Å². The van der Waals surface area contributed by atoms with Crippen molar-refractivity contribution in [1.29, 1.82) is 0 Å². The van der Waals surface area contributed by atoms with E-state index < -0.39 is 29.1 Å². The number of hydrogen-bond acceptors (Lipinski definition) is 6. The molecular formula is C20H18F3N5O3S. The zero-order chi connectivity index (χ0) is 22.9. The maximum Gasteiger partial charge on any atom is 0.418 e. The Balaban J connectivity index is 1.35. The maximum absolute atomic E-state index is 13.1. The van der Waals surface area contributed by atoms with Crippen LogP contribution in [-0.2, 0) is 11.0 Å². The number of fused-ring (bicyclic) bond motifs is 1. The summed E-state index contributed by atoms with van der Waals surface area (Å²) in [4.78, 5) is 45.4. The van der Waals surface area contributed by atoms with Crippen molar-refractivity contribution >= 4 is 33.8 Å². The minimum atomic E-state index is -4.57. The van der Waals surface area contributed by atoms with Gasteiger partial charge in [0.1, 0.15) is 5.56 Å². The molecule has 3 heterocycles. The molecule has 8 nitrogen and oxygen atoms in total. The van der Waals surface area contributed by atoms with Gasteiger partial charge in [-0.1, -0.05) is 12.1 Å². The fourth-order valence-electron chi connectivity index (χ4n) is 3.48. The van der Waals surface area contributed by atoms with Crippen LogP contribution in [0.4, 0.5) is 18.9 Å². The van der Waals surface area contributed by atoms with Crippen molar-refractivity contribution in [3.05, 3.63) is 63.5 Å². The van der Waals surface area contributed by atoms with Gasteiger partial charge in [-0.2, -0.15) is 13.2 Å². The van der Waals surface area contributed by atoms with E-state index in [0.717, 1.165) is 6.07 Å². The highest BCUT2D eigenvalue weighted by molar-refractivity contribution is 7.15. The second-order valence-electron chi connectivity index (χ2n) is 7.19. The number of aromatic nitrogens is 2. The zero-order valence-corrected chi connectivity index (χ0v) is 17.4. The molecule has 0 radical (unpaired) electrons. The first-order valence-electron chi connectivity index (χ1n) is 9.66. The molecule has 1 fully saturated rings. The summed E-state index contributed by atoms with van der Waals surface area (Å²) in [5.41, 5.74) is -1.68. The first kappa shape index (κ1) is 22.0. The lowest BCUT2D eigenvalue weighted by atomic mass is 10.1. The zero-order valence-electron chi connectivity index (χ0n) is 16.6. The summed E-state index contributed by atoms with van der Waals surface area (Å²) in [7, 11) is 0. The van der Waals surface area contributed by atoms with E-state index in [9.17, 15) is 27.6 Å². The number of nitrogens with one attached hydrogen (secondary N) is 1. The molecule has 12 heteroatoms. The average molecular weight is 465 g/mol. The van der Waals surface area contributed by atoms with E-state index in [4.69, 9.17) is 0 Å². The van der Waals surface area contributed by atoms with Gasteiger partial charge in [-0.15, -0.1) is 11.3 Å². The fourth-order valence-corrected chi connectivity index (χ4v) is 4.16. The summed E-state index contributed by atoms with van der Waals surface area (Å²) in [6.45, 7) is 1.12. The second-order valence-corrected chi connectivity index (χ2v) is 8.07. The highest BCUT2D eigenvalue weighted by Crippen LogP contribution is 2.34. The molecule has 0 bridgehead atoms. The second kappa shape index (κ2) is 8.71. The first-order chi connectivity index (χ1) is 15.2. The summed E-state index contributed by atoms with van der Waals surface area (Å²) in [5, 5.41) is 4.02. The van der Waals surface area contributed by atoms with Crippen LogP contribution in [0, 0.1) is 0 Å². The smallest absolute Gasteiger partial charge is 0.336 e. The van der Waals surface area contributed by atoms with Gasteiger partial charge in [-0.05, 0) is 12.1 Å². The van der Waals surface area contributed by atoms with E-state index in [2.05, 4.69) is 10.3 Å². The number of piperazine rings is 1. The predicted octanol–water partition coefficient (Wildman–Crippen LogP) is 2.17. The lowest BCUT2D eigenvalue weighted by Gasteiger charge is -2.34. The van der Waals surface area contributed by atoms with Gasteiger partial charge in [0.2, 0.25) is 5.91 Å². The number of carbonyl (C=O) groups is 2. The van der Waals surface area contributed by atoms with Crippen LogP contribution in [0.2, 0.25) is 0 Å². The quantitative estimate of drug-likeness (QED) is 0.638. The van der Waals surface area contributed by atoms with E-state index in [1.807, 2.05) is 0 Å². The Hall–Kier alpha value is -3.25. The van der Waals surface area contributed by atoms with Gasteiger partial charge in [0.05, 0.1) is 17.8 Å². The van der Waals surface area contributed by atoms with Crippen LogP contribution < -0.4 is 10.9 Å². The number of hydrogen-bond donors (Lipinski definition) is 1. The Morgan fingerprint density at radius 1 is 1.12 bits per heavy atom. The fraction of sp³-hybridized carbons (Fsp3) is 0.300. The van der Waals surface area contributed by atoms with E-state index in [1.165, 1.54) is 45.0 Å². The van der Waals surface area contributed by atoms with E-state index in [1.54, 1.807) is 16.5 Å². The summed E-state index contributed by atoms with van der Waals surface area (Å²) < 4.78 is 40.6. The number of amides is 2. The SMILES string of the molecule is O=C(CN1CCN(C(=O)c2cnc3sccn3c2=O)CC1)Nc1ccccc1C(F)(F)F. The Bertz CT molecular complexity index is 1210. The summed E-state index contributed by atoms with van der Waals surface area (Å²) in [6, 6.07) is 4.78.